The minimum absolute atomic E-state index is 0.116. The van der Waals surface area contributed by atoms with E-state index in [1.165, 1.54) is 5.56 Å². The van der Waals surface area contributed by atoms with Gasteiger partial charge in [-0.3, -0.25) is 9.69 Å². The van der Waals surface area contributed by atoms with Crippen molar-refractivity contribution in [3.8, 4) is 5.69 Å². The van der Waals surface area contributed by atoms with E-state index in [4.69, 9.17) is 0 Å². The Morgan fingerprint density at radius 3 is 2.62 bits per heavy atom. The maximum atomic E-state index is 12.2. The van der Waals surface area contributed by atoms with E-state index in [1.807, 2.05) is 43.8 Å². The Morgan fingerprint density at radius 2 is 2.00 bits per heavy atom. The zero-order valence-electron chi connectivity index (χ0n) is 14.9. The second-order valence-electron chi connectivity index (χ2n) is 6.77. The van der Waals surface area contributed by atoms with Crippen LogP contribution in [0, 0.1) is 13.8 Å². The molecular weight excluding hydrogens is 300 g/mol. The molecule has 1 fully saturated rings. The molecule has 1 aromatic carbocycles. The fraction of sp³-hybridized carbons (Fsp3) is 0.474. The Hall–Kier alpha value is -2.14. The van der Waals surface area contributed by atoms with Crippen LogP contribution in [0.25, 0.3) is 5.69 Å². The normalized spacial score (nSPS) is 15.5. The third-order valence-corrected chi connectivity index (χ3v) is 4.81. The van der Waals surface area contributed by atoms with Gasteiger partial charge in [-0.1, -0.05) is 18.2 Å². The number of likely N-dealkylation sites (N-methyl/N-ethyl adjacent to an activating group) is 1. The van der Waals surface area contributed by atoms with Crippen LogP contribution in [-0.4, -0.2) is 39.7 Å². The third-order valence-electron chi connectivity index (χ3n) is 4.81. The summed E-state index contributed by atoms with van der Waals surface area (Å²) in [5.74, 6) is 0.116. The number of aryl methyl sites for hydroxylation is 1. The van der Waals surface area contributed by atoms with Crippen LogP contribution in [0.4, 0.5) is 0 Å². The van der Waals surface area contributed by atoms with E-state index in [1.54, 1.807) is 0 Å². The number of carbonyl (C=O) groups is 1. The summed E-state index contributed by atoms with van der Waals surface area (Å²) in [6, 6.07) is 10.4. The van der Waals surface area contributed by atoms with Crippen molar-refractivity contribution in [2.75, 3.05) is 7.05 Å². The van der Waals surface area contributed by atoms with E-state index >= 15 is 0 Å². The van der Waals surface area contributed by atoms with E-state index in [0.29, 0.717) is 12.6 Å². The molecule has 1 saturated carbocycles. The van der Waals surface area contributed by atoms with Gasteiger partial charge >= 0.3 is 0 Å². The van der Waals surface area contributed by atoms with Gasteiger partial charge in [-0.25, -0.2) is 4.68 Å². The maximum Gasteiger partial charge on any atom is 0.237 e. The summed E-state index contributed by atoms with van der Waals surface area (Å²) in [6.07, 6.45) is 2.23. The highest BCUT2D eigenvalue weighted by Gasteiger charge is 2.27. The molecule has 0 saturated heterocycles. The molecule has 0 unspecified atom stereocenters. The number of para-hydroxylation sites is 1. The van der Waals surface area contributed by atoms with Crippen molar-refractivity contribution in [1.82, 2.24) is 20.0 Å². The first kappa shape index (κ1) is 16.7. The number of rotatable bonds is 6. The van der Waals surface area contributed by atoms with Crippen LogP contribution in [-0.2, 0) is 11.3 Å². The van der Waals surface area contributed by atoms with Crippen molar-refractivity contribution in [2.24, 2.45) is 0 Å². The predicted molar refractivity (Wildman–Crippen MR) is 95.1 cm³/mol. The summed E-state index contributed by atoms with van der Waals surface area (Å²) in [7, 11) is 2.00. The predicted octanol–water partition coefficient (Wildman–Crippen LogP) is 2.59. The maximum absolute atomic E-state index is 12.2. The lowest BCUT2D eigenvalue weighted by molar-refractivity contribution is -0.125. The second-order valence-corrected chi connectivity index (χ2v) is 6.77. The van der Waals surface area contributed by atoms with Gasteiger partial charge in [0, 0.05) is 23.8 Å². The molecule has 128 valence electrons. The lowest BCUT2D eigenvalue weighted by atomic mass is 10.1. The molecule has 1 aliphatic rings. The number of hydrogen-bond donors (Lipinski definition) is 1. The standard InChI is InChI=1S/C19H26N4O/c1-13-18(12-22(4)15(3)19(24)20-16-10-11-16)14(2)23(21-13)17-8-6-5-7-9-17/h5-9,15-16H,10-12H2,1-4H3,(H,20,24)/t15-/m1/s1. The first-order chi connectivity index (χ1) is 11.5. The zero-order chi connectivity index (χ0) is 17.3. The molecule has 0 spiro atoms. The molecule has 0 aliphatic heterocycles. The largest absolute Gasteiger partial charge is 0.352 e. The van der Waals surface area contributed by atoms with Gasteiger partial charge in [0.2, 0.25) is 5.91 Å². The molecule has 24 heavy (non-hydrogen) atoms. The first-order valence-corrected chi connectivity index (χ1v) is 8.58. The number of hydrogen-bond acceptors (Lipinski definition) is 3. The summed E-state index contributed by atoms with van der Waals surface area (Å²) in [5.41, 5.74) is 4.39. The molecule has 5 nitrogen and oxygen atoms in total. The fourth-order valence-corrected chi connectivity index (χ4v) is 2.86. The molecule has 1 amide bonds. The van der Waals surface area contributed by atoms with E-state index in [0.717, 1.165) is 29.9 Å². The Bertz CT molecular complexity index is 718. The van der Waals surface area contributed by atoms with Gasteiger partial charge in [-0.15, -0.1) is 0 Å². The Labute approximate surface area is 143 Å². The highest BCUT2D eigenvalue weighted by molar-refractivity contribution is 5.81. The van der Waals surface area contributed by atoms with Crippen LogP contribution in [0.15, 0.2) is 30.3 Å². The number of benzene rings is 1. The highest BCUT2D eigenvalue weighted by Crippen LogP contribution is 2.21. The lowest BCUT2D eigenvalue weighted by Crippen LogP contribution is -2.43. The van der Waals surface area contributed by atoms with Gasteiger partial charge in [0.25, 0.3) is 0 Å². The van der Waals surface area contributed by atoms with Gasteiger partial charge in [-0.2, -0.15) is 5.10 Å². The molecule has 1 aliphatic carbocycles. The summed E-state index contributed by atoms with van der Waals surface area (Å²) < 4.78 is 1.98. The van der Waals surface area contributed by atoms with E-state index in [-0.39, 0.29) is 11.9 Å². The van der Waals surface area contributed by atoms with Crippen LogP contribution >= 0.6 is 0 Å². The molecule has 0 radical (unpaired) electrons. The Balaban J connectivity index is 1.75. The van der Waals surface area contributed by atoms with Gasteiger partial charge < -0.3 is 5.32 Å². The average Bonchev–Trinajstić information content (AvgIpc) is 3.35. The number of nitrogens with one attached hydrogen (secondary N) is 1. The quantitative estimate of drug-likeness (QED) is 0.888. The third kappa shape index (κ3) is 3.51. The molecule has 1 atom stereocenters. The van der Waals surface area contributed by atoms with Crippen molar-refractivity contribution in [2.45, 2.75) is 52.2 Å². The SMILES string of the molecule is Cc1nn(-c2ccccc2)c(C)c1CN(C)[C@H](C)C(=O)NC1CC1. The first-order valence-electron chi connectivity index (χ1n) is 8.58. The monoisotopic (exact) mass is 326 g/mol. The average molecular weight is 326 g/mol. The zero-order valence-corrected chi connectivity index (χ0v) is 14.9. The summed E-state index contributed by atoms with van der Waals surface area (Å²) in [5, 5.41) is 7.76. The molecular formula is C19H26N4O. The van der Waals surface area contributed by atoms with E-state index in [2.05, 4.69) is 34.4 Å². The molecule has 1 N–H and O–H groups in total. The number of carbonyl (C=O) groups excluding carboxylic acids is 1. The summed E-state index contributed by atoms with van der Waals surface area (Å²) in [6.45, 7) is 6.80. The topological polar surface area (TPSA) is 50.2 Å². The van der Waals surface area contributed by atoms with Crippen molar-refractivity contribution < 1.29 is 4.79 Å². The number of aromatic nitrogens is 2. The molecule has 5 heteroatoms. The molecule has 3 rings (SSSR count). The molecule has 1 aromatic heterocycles. The highest BCUT2D eigenvalue weighted by atomic mass is 16.2. The van der Waals surface area contributed by atoms with Crippen molar-refractivity contribution in [3.05, 3.63) is 47.3 Å². The summed E-state index contributed by atoms with van der Waals surface area (Å²) >= 11 is 0. The lowest BCUT2D eigenvalue weighted by Gasteiger charge is -2.24. The second kappa shape index (κ2) is 6.77. The fourth-order valence-electron chi connectivity index (χ4n) is 2.86. The van der Waals surface area contributed by atoms with Crippen LogP contribution in [0.5, 0.6) is 0 Å². The summed E-state index contributed by atoms with van der Waals surface area (Å²) in [4.78, 5) is 14.3. The van der Waals surface area contributed by atoms with Crippen molar-refractivity contribution in [1.29, 1.82) is 0 Å². The van der Waals surface area contributed by atoms with E-state index in [9.17, 15) is 4.79 Å². The van der Waals surface area contributed by atoms with Crippen LogP contribution in [0.1, 0.15) is 36.7 Å². The molecule has 0 bridgehead atoms. The van der Waals surface area contributed by atoms with Gasteiger partial charge in [-0.05, 0) is 52.8 Å². The number of amides is 1. The van der Waals surface area contributed by atoms with Crippen LogP contribution < -0.4 is 5.32 Å². The van der Waals surface area contributed by atoms with Crippen LogP contribution in [0.3, 0.4) is 0 Å². The molecule has 1 heterocycles. The minimum atomic E-state index is -0.149. The van der Waals surface area contributed by atoms with Gasteiger partial charge in [0.15, 0.2) is 0 Å². The Kier molecular flexibility index (Phi) is 4.71. The van der Waals surface area contributed by atoms with Gasteiger partial charge in [0.1, 0.15) is 0 Å². The number of nitrogens with zero attached hydrogens (tertiary/aromatic N) is 3. The van der Waals surface area contributed by atoms with Crippen molar-refractivity contribution >= 4 is 5.91 Å². The molecule has 2 aromatic rings. The minimum Gasteiger partial charge on any atom is -0.352 e. The Morgan fingerprint density at radius 1 is 1.33 bits per heavy atom. The van der Waals surface area contributed by atoms with Crippen LogP contribution in [0.2, 0.25) is 0 Å². The van der Waals surface area contributed by atoms with Gasteiger partial charge in [0.05, 0.1) is 17.4 Å². The van der Waals surface area contributed by atoms with Crippen molar-refractivity contribution in [3.63, 3.8) is 0 Å². The smallest absolute Gasteiger partial charge is 0.237 e. The van der Waals surface area contributed by atoms with E-state index < -0.39 is 0 Å².